The van der Waals surface area contributed by atoms with Crippen LogP contribution in [0.4, 0.5) is 17.6 Å². The molecule has 13 heteroatoms. The number of carbonyl (C=O) groups is 2. The van der Waals surface area contributed by atoms with Crippen LogP contribution in [-0.4, -0.2) is 44.4 Å². The van der Waals surface area contributed by atoms with Crippen molar-refractivity contribution in [2.45, 2.75) is 64.1 Å². The lowest BCUT2D eigenvalue weighted by molar-refractivity contribution is -0.189. The Morgan fingerprint density at radius 3 is 2.66 bits per heavy atom. The van der Waals surface area contributed by atoms with Gasteiger partial charge in [0.05, 0.1) is 41.7 Å². The third kappa shape index (κ3) is 3.82. The minimum Gasteiger partial charge on any atom is -0.458 e. The molecule has 2 aromatic heterocycles. The normalized spacial score (nSPS) is 21.7. The highest BCUT2D eigenvalue weighted by Gasteiger charge is 2.47. The second-order valence-electron chi connectivity index (χ2n) is 10.7. The van der Waals surface area contributed by atoms with Gasteiger partial charge in [-0.3, -0.25) is 9.59 Å². The first-order valence-corrected chi connectivity index (χ1v) is 13.1. The number of alkyl halides is 3. The van der Waals surface area contributed by atoms with E-state index in [1.54, 1.807) is 13.8 Å². The number of aliphatic hydroxyl groups is 2. The number of aromatic nitrogens is 2. The fourth-order valence-corrected chi connectivity index (χ4v) is 6.31. The summed E-state index contributed by atoms with van der Waals surface area (Å²) in [6, 6.07) is 1.73. The van der Waals surface area contributed by atoms with Gasteiger partial charge in [-0.15, -0.1) is 0 Å². The summed E-state index contributed by atoms with van der Waals surface area (Å²) >= 11 is 0. The molecule has 0 radical (unpaired) electrons. The minimum atomic E-state index is -4.97. The molecule has 1 aliphatic carbocycles. The Labute approximate surface area is 229 Å². The number of amides is 1. The standard InChI is InChI=1S/C28H25F4N3O6/c1-3-27(40)15-6-20-23-13(8-35(20)25(38)14(15)10-41-26(27)39)22-18(34-24(37)16(9-36)28(30,31)32)5-4-12-11(2)17(29)7-19(33-23)21(12)22/h6-7,16,18,36,40H,3-5,8-10H2,1-2H3,(H,34,37)/t16?,18-,27-/m0/s1. The van der Waals surface area contributed by atoms with Gasteiger partial charge >= 0.3 is 12.1 Å². The summed E-state index contributed by atoms with van der Waals surface area (Å²) in [5.41, 5.74) is 0.0405. The van der Waals surface area contributed by atoms with Crippen LogP contribution in [0.3, 0.4) is 0 Å². The number of aryl methyl sites for hydroxylation is 1. The Bertz CT molecular complexity index is 1730. The predicted octanol–water partition coefficient (Wildman–Crippen LogP) is 2.80. The molecule has 4 heterocycles. The summed E-state index contributed by atoms with van der Waals surface area (Å²) in [4.78, 5) is 43.5. The second-order valence-corrected chi connectivity index (χ2v) is 10.7. The van der Waals surface area contributed by atoms with E-state index in [0.29, 0.717) is 27.6 Å². The van der Waals surface area contributed by atoms with Crippen molar-refractivity contribution in [1.82, 2.24) is 14.9 Å². The first-order chi connectivity index (χ1) is 19.3. The quantitative estimate of drug-likeness (QED) is 0.252. The van der Waals surface area contributed by atoms with Gasteiger partial charge in [-0.1, -0.05) is 6.92 Å². The molecule has 216 valence electrons. The van der Waals surface area contributed by atoms with Crippen molar-refractivity contribution in [3.05, 3.63) is 61.7 Å². The molecular formula is C28H25F4N3O6. The van der Waals surface area contributed by atoms with Crippen LogP contribution in [0.1, 0.15) is 59.2 Å². The number of pyridine rings is 2. The van der Waals surface area contributed by atoms with E-state index in [-0.39, 0.29) is 60.4 Å². The zero-order chi connectivity index (χ0) is 29.6. The summed E-state index contributed by atoms with van der Waals surface area (Å²) in [5, 5.41) is 23.3. The highest BCUT2D eigenvalue weighted by molar-refractivity contribution is 5.94. The van der Waals surface area contributed by atoms with Crippen LogP contribution in [0.25, 0.3) is 22.3 Å². The summed E-state index contributed by atoms with van der Waals surface area (Å²) in [5.74, 6) is -5.47. The number of hydrogen-bond acceptors (Lipinski definition) is 7. The SMILES string of the molecule is CC[C@@]1(O)C(=O)OCc2c1cc1n(c2=O)Cc2c-1nc1cc(F)c(C)c3c1c2[C@@H](NC(=O)C(CO)C(F)(F)F)CC3. The third-order valence-corrected chi connectivity index (χ3v) is 8.59. The van der Waals surface area contributed by atoms with Crippen LogP contribution < -0.4 is 10.9 Å². The van der Waals surface area contributed by atoms with Gasteiger partial charge in [-0.05, 0) is 48.9 Å². The summed E-state index contributed by atoms with van der Waals surface area (Å²) in [7, 11) is 0. The number of carbonyl (C=O) groups excluding carboxylic acids is 2. The highest BCUT2D eigenvalue weighted by Crippen LogP contribution is 2.46. The first kappa shape index (κ1) is 27.3. The number of aliphatic hydroxyl groups excluding tert-OH is 1. The van der Waals surface area contributed by atoms with E-state index in [9.17, 15) is 42.2 Å². The monoisotopic (exact) mass is 575 g/mol. The maximum Gasteiger partial charge on any atom is 0.402 e. The maximum atomic E-state index is 15.0. The van der Waals surface area contributed by atoms with Crippen molar-refractivity contribution in [3.8, 4) is 11.4 Å². The van der Waals surface area contributed by atoms with E-state index in [0.717, 1.165) is 0 Å². The zero-order valence-electron chi connectivity index (χ0n) is 22.0. The molecule has 3 aromatic rings. The van der Waals surface area contributed by atoms with Crippen molar-refractivity contribution in [2.75, 3.05) is 6.61 Å². The Kier molecular flexibility index (Phi) is 6.05. The number of halogens is 4. The molecule has 3 aliphatic rings. The third-order valence-electron chi connectivity index (χ3n) is 8.59. The summed E-state index contributed by atoms with van der Waals surface area (Å²) in [6.07, 6.45) is -4.65. The molecule has 0 bridgehead atoms. The average Bonchev–Trinajstić information content (AvgIpc) is 3.28. The van der Waals surface area contributed by atoms with Gasteiger partial charge in [-0.2, -0.15) is 13.2 Å². The Morgan fingerprint density at radius 2 is 2.00 bits per heavy atom. The Hall–Kier alpha value is -3.84. The van der Waals surface area contributed by atoms with Crippen molar-refractivity contribution in [3.63, 3.8) is 0 Å². The Balaban J connectivity index is 1.59. The van der Waals surface area contributed by atoms with E-state index in [1.165, 1.54) is 16.7 Å². The summed E-state index contributed by atoms with van der Waals surface area (Å²) < 4.78 is 61.7. The maximum absolute atomic E-state index is 15.0. The number of nitrogens with one attached hydrogen (secondary N) is 1. The van der Waals surface area contributed by atoms with Gasteiger partial charge in [0.25, 0.3) is 5.56 Å². The minimum absolute atomic E-state index is 0.0571. The van der Waals surface area contributed by atoms with E-state index < -0.39 is 53.6 Å². The molecule has 0 saturated carbocycles. The topological polar surface area (TPSA) is 131 Å². The number of ether oxygens (including phenoxy) is 1. The molecule has 3 atom stereocenters. The van der Waals surface area contributed by atoms with E-state index in [2.05, 4.69) is 10.3 Å². The molecule has 9 nitrogen and oxygen atoms in total. The number of hydrogen-bond donors (Lipinski definition) is 3. The molecule has 0 spiro atoms. The first-order valence-electron chi connectivity index (χ1n) is 13.1. The average molecular weight is 576 g/mol. The second kappa shape index (κ2) is 9.08. The molecular weight excluding hydrogens is 550 g/mol. The smallest absolute Gasteiger partial charge is 0.402 e. The van der Waals surface area contributed by atoms with Gasteiger partial charge in [0.2, 0.25) is 5.91 Å². The lowest BCUT2D eigenvalue weighted by Gasteiger charge is -2.31. The number of rotatable bonds is 4. The van der Waals surface area contributed by atoms with Gasteiger partial charge in [0.1, 0.15) is 12.4 Å². The fourth-order valence-electron chi connectivity index (χ4n) is 6.31. The predicted molar refractivity (Wildman–Crippen MR) is 135 cm³/mol. The van der Waals surface area contributed by atoms with Crippen LogP contribution in [-0.2, 0) is 39.5 Å². The molecule has 41 heavy (non-hydrogen) atoms. The van der Waals surface area contributed by atoms with Gasteiger partial charge in [0.15, 0.2) is 11.5 Å². The van der Waals surface area contributed by atoms with E-state index >= 15 is 0 Å². The van der Waals surface area contributed by atoms with E-state index in [4.69, 9.17) is 4.74 Å². The molecule has 1 unspecified atom stereocenters. The fraction of sp³-hybridized carbons (Fsp3) is 0.429. The number of esters is 1. The van der Waals surface area contributed by atoms with Gasteiger partial charge in [-0.25, -0.2) is 14.2 Å². The molecule has 1 aromatic carbocycles. The molecule has 6 rings (SSSR count). The van der Waals surface area contributed by atoms with Crippen LogP contribution in [0.15, 0.2) is 16.9 Å². The Morgan fingerprint density at radius 1 is 1.27 bits per heavy atom. The molecule has 3 N–H and O–H groups in total. The van der Waals surface area contributed by atoms with Crippen LogP contribution >= 0.6 is 0 Å². The van der Waals surface area contributed by atoms with Gasteiger partial charge < -0.3 is 24.8 Å². The largest absolute Gasteiger partial charge is 0.458 e. The van der Waals surface area contributed by atoms with Crippen LogP contribution in [0.5, 0.6) is 0 Å². The van der Waals surface area contributed by atoms with Crippen LogP contribution in [0, 0.1) is 18.7 Å². The zero-order valence-corrected chi connectivity index (χ0v) is 22.0. The lowest BCUT2D eigenvalue weighted by atomic mass is 9.81. The van der Waals surface area contributed by atoms with Gasteiger partial charge in [0, 0.05) is 22.6 Å². The lowest BCUT2D eigenvalue weighted by Crippen LogP contribution is -2.44. The number of fused-ring (bicyclic) bond motifs is 5. The molecule has 0 fully saturated rings. The highest BCUT2D eigenvalue weighted by atomic mass is 19.4. The van der Waals surface area contributed by atoms with Crippen molar-refractivity contribution >= 4 is 22.8 Å². The molecule has 0 saturated heterocycles. The van der Waals surface area contributed by atoms with Crippen molar-refractivity contribution in [2.24, 2.45) is 5.92 Å². The number of cyclic esters (lactones) is 1. The molecule has 1 amide bonds. The van der Waals surface area contributed by atoms with Crippen LogP contribution in [0.2, 0.25) is 0 Å². The number of nitrogens with zero attached hydrogens (tertiary/aromatic N) is 2. The summed E-state index contributed by atoms with van der Waals surface area (Å²) in [6.45, 7) is 1.31. The number of benzene rings is 1. The van der Waals surface area contributed by atoms with Crippen molar-refractivity contribution in [1.29, 1.82) is 0 Å². The van der Waals surface area contributed by atoms with Crippen molar-refractivity contribution < 1.29 is 42.1 Å². The van der Waals surface area contributed by atoms with E-state index in [1.807, 2.05) is 0 Å². The molecule has 2 aliphatic heterocycles.